The van der Waals surface area contributed by atoms with Crippen molar-refractivity contribution in [3.05, 3.63) is 63.7 Å². The van der Waals surface area contributed by atoms with Crippen molar-refractivity contribution in [3.63, 3.8) is 0 Å². The number of H-pyrrole nitrogens is 1. The summed E-state index contributed by atoms with van der Waals surface area (Å²) in [6.07, 6.45) is 4.61. The van der Waals surface area contributed by atoms with Crippen LogP contribution in [-0.4, -0.2) is 62.8 Å². The summed E-state index contributed by atoms with van der Waals surface area (Å²) in [6, 6.07) is 4.83. The molecular formula is C26H28N9O6-. The lowest BCUT2D eigenvalue weighted by Gasteiger charge is -2.20. The maximum atomic E-state index is 12.6. The lowest BCUT2D eigenvalue weighted by molar-refractivity contribution is -0.308. The molecule has 15 heteroatoms. The standard InChI is InChI=1S/C26H29N9O6/c27-26-34-21-20(24(39)35-26)32-17(13-31-21)12-30-16-6-4-15(5-7-16)23(38)33-18(25(40)41)8-9-19(36)28-10-11-29-22(37)14-2-1-3-14/h2,4-7,13,18,30H,1,3,8-12H2,(H,28,36)(H,29,37)(H,33,38)(H,40,41)(H3,27,31,34,35,39)/p-1. The summed E-state index contributed by atoms with van der Waals surface area (Å²) in [7, 11) is 0. The molecule has 0 radical (unpaired) electrons. The molecule has 3 aromatic rings. The number of anilines is 2. The van der Waals surface area contributed by atoms with Crippen LogP contribution in [0.5, 0.6) is 0 Å². The van der Waals surface area contributed by atoms with Gasteiger partial charge in [0.05, 0.1) is 30.4 Å². The van der Waals surface area contributed by atoms with E-state index in [9.17, 15) is 29.1 Å². The molecule has 1 aliphatic rings. The van der Waals surface area contributed by atoms with Crippen molar-refractivity contribution in [1.82, 2.24) is 35.9 Å². The Morgan fingerprint density at radius 2 is 1.78 bits per heavy atom. The van der Waals surface area contributed by atoms with Gasteiger partial charge in [-0.2, -0.15) is 4.98 Å². The van der Waals surface area contributed by atoms with E-state index in [1.165, 1.54) is 18.3 Å². The number of carbonyl (C=O) groups excluding carboxylic acids is 4. The third-order valence-corrected chi connectivity index (χ3v) is 6.19. The SMILES string of the molecule is Nc1nc2ncc(CNc3ccc(C(=O)NC(CCC(=O)NCCNC(=O)C4=CCC4)C(=O)[O-])cc3)nc2c(=O)[nH]1. The summed E-state index contributed by atoms with van der Waals surface area (Å²) in [4.78, 5) is 74.5. The van der Waals surface area contributed by atoms with E-state index in [4.69, 9.17) is 5.73 Å². The number of benzene rings is 1. The Morgan fingerprint density at radius 3 is 2.46 bits per heavy atom. The van der Waals surface area contributed by atoms with Crippen molar-refractivity contribution in [1.29, 1.82) is 0 Å². The minimum atomic E-state index is -1.52. The van der Waals surface area contributed by atoms with Crippen molar-refractivity contribution in [3.8, 4) is 0 Å². The second kappa shape index (κ2) is 13.1. The third-order valence-electron chi connectivity index (χ3n) is 6.19. The Morgan fingerprint density at radius 1 is 1.05 bits per heavy atom. The van der Waals surface area contributed by atoms with Crippen LogP contribution < -0.4 is 37.7 Å². The summed E-state index contributed by atoms with van der Waals surface area (Å²) in [5, 5.41) is 22.3. The monoisotopic (exact) mass is 562 g/mol. The quantitative estimate of drug-likeness (QED) is 0.131. The van der Waals surface area contributed by atoms with Gasteiger partial charge in [-0.05, 0) is 43.5 Å². The number of nitrogens with one attached hydrogen (secondary N) is 5. The van der Waals surface area contributed by atoms with Gasteiger partial charge in [0.15, 0.2) is 11.2 Å². The van der Waals surface area contributed by atoms with Crippen LogP contribution in [0.1, 0.15) is 41.7 Å². The normalized spacial score (nSPS) is 12.9. The molecule has 0 aliphatic heterocycles. The van der Waals surface area contributed by atoms with E-state index < -0.39 is 29.4 Å². The lowest BCUT2D eigenvalue weighted by Crippen LogP contribution is -2.48. The molecule has 214 valence electrons. The molecule has 1 aliphatic carbocycles. The predicted molar refractivity (Wildman–Crippen MR) is 145 cm³/mol. The van der Waals surface area contributed by atoms with Gasteiger partial charge in [-0.15, -0.1) is 0 Å². The number of nitrogen functional groups attached to an aromatic ring is 1. The predicted octanol–water partition coefficient (Wildman–Crippen LogP) is -1.51. The number of amides is 3. The van der Waals surface area contributed by atoms with Crippen molar-refractivity contribution < 1.29 is 24.3 Å². The molecule has 2 aromatic heterocycles. The van der Waals surface area contributed by atoms with Crippen LogP contribution in [-0.2, 0) is 20.9 Å². The Labute approximate surface area is 233 Å². The molecule has 41 heavy (non-hydrogen) atoms. The second-order valence-corrected chi connectivity index (χ2v) is 9.17. The van der Waals surface area contributed by atoms with Gasteiger partial charge in [-0.25, -0.2) is 9.97 Å². The first kappa shape index (κ1) is 28.7. The number of carbonyl (C=O) groups is 4. The number of nitrogens with zero attached hydrogens (tertiary/aromatic N) is 3. The highest BCUT2D eigenvalue weighted by Crippen LogP contribution is 2.17. The van der Waals surface area contributed by atoms with Gasteiger partial charge in [-0.3, -0.25) is 24.2 Å². The zero-order valence-corrected chi connectivity index (χ0v) is 21.9. The molecule has 0 saturated heterocycles. The van der Waals surface area contributed by atoms with E-state index >= 15 is 0 Å². The number of aliphatic carboxylic acids is 1. The fraction of sp³-hybridized carbons (Fsp3) is 0.308. The zero-order valence-electron chi connectivity index (χ0n) is 21.9. The third kappa shape index (κ3) is 7.84. The molecule has 15 nitrogen and oxygen atoms in total. The van der Waals surface area contributed by atoms with E-state index in [1.54, 1.807) is 12.1 Å². The van der Waals surface area contributed by atoms with E-state index in [2.05, 4.69) is 41.2 Å². The summed E-state index contributed by atoms with van der Waals surface area (Å²) in [5.41, 5.74) is 7.20. The van der Waals surface area contributed by atoms with E-state index in [-0.39, 0.29) is 61.1 Å². The largest absolute Gasteiger partial charge is 0.548 e. The molecule has 0 spiro atoms. The number of aromatic amines is 1. The number of allylic oxidation sites excluding steroid dienone is 1. The highest BCUT2D eigenvalue weighted by atomic mass is 16.4. The number of nitrogens with two attached hydrogens (primary N) is 1. The van der Waals surface area contributed by atoms with Crippen molar-refractivity contribution >= 4 is 46.5 Å². The lowest BCUT2D eigenvalue weighted by atomic mass is 9.98. The Bertz CT molecular complexity index is 1550. The number of hydrogen-bond acceptors (Lipinski definition) is 11. The van der Waals surface area contributed by atoms with E-state index in [0.717, 1.165) is 18.4 Å². The van der Waals surface area contributed by atoms with E-state index in [0.29, 0.717) is 11.4 Å². The van der Waals surface area contributed by atoms with Gasteiger partial charge in [0.25, 0.3) is 11.5 Å². The molecule has 4 rings (SSSR count). The van der Waals surface area contributed by atoms with Gasteiger partial charge >= 0.3 is 0 Å². The molecule has 1 unspecified atom stereocenters. The topological polar surface area (TPSA) is 237 Å². The number of aromatic nitrogens is 4. The fourth-order valence-corrected chi connectivity index (χ4v) is 3.83. The minimum absolute atomic E-state index is 0.0521. The van der Waals surface area contributed by atoms with Crippen LogP contribution in [0.3, 0.4) is 0 Å². The smallest absolute Gasteiger partial charge is 0.280 e. The molecule has 2 heterocycles. The maximum Gasteiger partial charge on any atom is 0.280 e. The Kier molecular flexibility index (Phi) is 9.19. The molecular weight excluding hydrogens is 534 g/mol. The van der Waals surface area contributed by atoms with Crippen molar-refractivity contribution in [2.24, 2.45) is 0 Å². The number of rotatable bonds is 13. The first-order valence-corrected chi connectivity index (χ1v) is 12.8. The highest BCUT2D eigenvalue weighted by molar-refractivity contribution is 5.97. The first-order valence-electron chi connectivity index (χ1n) is 12.8. The van der Waals surface area contributed by atoms with Gasteiger partial charge in [0.2, 0.25) is 17.8 Å². The second-order valence-electron chi connectivity index (χ2n) is 9.17. The zero-order chi connectivity index (χ0) is 29.4. The molecule has 0 saturated carbocycles. The first-order chi connectivity index (χ1) is 19.7. The van der Waals surface area contributed by atoms with Crippen LogP contribution in [0.15, 0.2) is 46.9 Å². The molecule has 0 fully saturated rings. The molecule has 1 aromatic carbocycles. The summed E-state index contributed by atoms with van der Waals surface area (Å²) >= 11 is 0. The van der Waals surface area contributed by atoms with E-state index in [1.807, 2.05) is 6.08 Å². The molecule has 1 atom stereocenters. The number of hydrogen-bond donors (Lipinski definition) is 6. The van der Waals surface area contributed by atoms with Crippen LogP contribution >= 0.6 is 0 Å². The summed E-state index contributed by atoms with van der Waals surface area (Å²) in [6.45, 7) is 0.659. The van der Waals surface area contributed by atoms with Crippen molar-refractivity contribution in [2.45, 2.75) is 38.3 Å². The van der Waals surface area contributed by atoms with Gasteiger partial charge in [0.1, 0.15) is 0 Å². The average Bonchev–Trinajstić information content (AvgIpc) is 2.91. The Balaban J connectivity index is 1.22. The summed E-state index contributed by atoms with van der Waals surface area (Å²) < 4.78 is 0. The maximum absolute atomic E-state index is 12.6. The van der Waals surface area contributed by atoms with Crippen LogP contribution in [0.4, 0.5) is 11.6 Å². The molecule has 3 amide bonds. The van der Waals surface area contributed by atoms with Gasteiger partial charge in [0, 0.05) is 36.3 Å². The summed E-state index contributed by atoms with van der Waals surface area (Å²) in [5.74, 6) is -2.79. The van der Waals surface area contributed by atoms with Crippen LogP contribution in [0.25, 0.3) is 11.2 Å². The minimum Gasteiger partial charge on any atom is -0.548 e. The average molecular weight is 563 g/mol. The van der Waals surface area contributed by atoms with Crippen molar-refractivity contribution in [2.75, 3.05) is 24.1 Å². The fourth-order valence-electron chi connectivity index (χ4n) is 3.83. The van der Waals surface area contributed by atoms with Gasteiger partial charge < -0.3 is 36.9 Å². The Hall–Kier alpha value is -5.34. The number of fused-ring (bicyclic) bond motifs is 1. The molecule has 7 N–H and O–H groups in total. The number of carboxylic acid groups (broad SMARTS) is 1. The number of carboxylic acids is 1. The molecule has 0 bridgehead atoms. The highest BCUT2D eigenvalue weighted by Gasteiger charge is 2.17. The van der Waals surface area contributed by atoms with Gasteiger partial charge in [-0.1, -0.05) is 6.08 Å². The van der Waals surface area contributed by atoms with Crippen LogP contribution in [0, 0.1) is 0 Å². The van der Waals surface area contributed by atoms with Crippen LogP contribution in [0.2, 0.25) is 0 Å².